The third-order valence-electron chi connectivity index (χ3n) is 3.42. The molecule has 0 spiro atoms. The first-order valence-electron chi connectivity index (χ1n) is 7.62. The maximum absolute atomic E-state index is 12.4. The van der Waals surface area contributed by atoms with E-state index < -0.39 is 0 Å². The van der Waals surface area contributed by atoms with Gasteiger partial charge in [-0.05, 0) is 24.6 Å². The molecule has 0 atom stereocenters. The summed E-state index contributed by atoms with van der Waals surface area (Å²) in [6.07, 6.45) is 0. The molecule has 0 bridgehead atoms. The Hall–Kier alpha value is -2.38. The van der Waals surface area contributed by atoms with Crippen LogP contribution in [0.25, 0.3) is 0 Å². The minimum absolute atomic E-state index is 0.260. The first-order chi connectivity index (χ1) is 12.2. The summed E-state index contributed by atoms with van der Waals surface area (Å²) in [7, 11) is 1.54. The molecular weight excluding hydrogens is 354 g/mol. The molecule has 0 aliphatic heterocycles. The minimum Gasteiger partial charge on any atom is -0.496 e. The lowest BCUT2D eigenvalue weighted by molar-refractivity contribution is 0.102. The predicted molar refractivity (Wildman–Crippen MR) is 102 cm³/mol. The van der Waals surface area contributed by atoms with Gasteiger partial charge in [0.15, 0.2) is 4.34 Å². The maximum atomic E-state index is 12.4. The molecule has 7 heteroatoms. The highest BCUT2D eigenvalue weighted by Crippen LogP contribution is 2.29. The van der Waals surface area contributed by atoms with Crippen molar-refractivity contribution in [3.8, 4) is 5.75 Å². The lowest BCUT2D eigenvalue weighted by Crippen LogP contribution is -2.12. The van der Waals surface area contributed by atoms with Gasteiger partial charge in [-0.1, -0.05) is 65.1 Å². The summed E-state index contributed by atoms with van der Waals surface area (Å²) in [6.45, 7) is 2.07. The molecule has 5 nitrogen and oxygen atoms in total. The molecule has 1 aromatic heterocycles. The quantitative estimate of drug-likeness (QED) is 0.514. The maximum Gasteiger partial charge on any atom is 0.261 e. The van der Waals surface area contributed by atoms with E-state index in [2.05, 4.69) is 40.6 Å². The summed E-state index contributed by atoms with van der Waals surface area (Å²) in [6, 6.07) is 15.4. The van der Waals surface area contributed by atoms with E-state index in [0.717, 1.165) is 10.1 Å². The average molecular weight is 371 g/mol. The van der Waals surface area contributed by atoms with Crippen molar-refractivity contribution in [2.75, 3.05) is 12.4 Å². The van der Waals surface area contributed by atoms with Crippen molar-refractivity contribution >= 4 is 34.1 Å². The zero-order valence-electron chi connectivity index (χ0n) is 13.9. The number of carbonyl (C=O) groups is 1. The van der Waals surface area contributed by atoms with Crippen molar-refractivity contribution in [3.63, 3.8) is 0 Å². The highest BCUT2D eigenvalue weighted by atomic mass is 32.2. The largest absolute Gasteiger partial charge is 0.496 e. The molecule has 0 fully saturated rings. The molecule has 0 aliphatic carbocycles. The normalized spacial score (nSPS) is 10.5. The van der Waals surface area contributed by atoms with Crippen LogP contribution in [0, 0.1) is 6.92 Å². The van der Waals surface area contributed by atoms with Crippen LogP contribution in [0.5, 0.6) is 5.75 Å². The van der Waals surface area contributed by atoms with E-state index in [0.29, 0.717) is 16.4 Å². The number of aryl methyl sites for hydroxylation is 1. The molecule has 128 valence electrons. The second-order valence-electron chi connectivity index (χ2n) is 5.31. The molecule has 0 unspecified atom stereocenters. The number of thioether (sulfide) groups is 1. The van der Waals surface area contributed by atoms with E-state index in [1.54, 1.807) is 30.0 Å². The molecule has 3 rings (SSSR count). The van der Waals surface area contributed by atoms with E-state index in [1.807, 2.05) is 12.1 Å². The van der Waals surface area contributed by atoms with Crippen LogP contribution in [0.3, 0.4) is 0 Å². The van der Waals surface area contributed by atoms with E-state index in [9.17, 15) is 4.79 Å². The van der Waals surface area contributed by atoms with Gasteiger partial charge >= 0.3 is 0 Å². The Morgan fingerprint density at radius 3 is 2.84 bits per heavy atom. The van der Waals surface area contributed by atoms with Crippen LogP contribution in [0.4, 0.5) is 5.13 Å². The summed E-state index contributed by atoms with van der Waals surface area (Å²) >= 11 is 2.96. The highest BCUT2D eigenvalue weighted by molar-refractivity contribution is 8.00. The van der Waals surface area contributed by atoms with E-state index in [1.165, 1.54) is 29.6 Å². The number of para-hydroxylation sites is 1. The Bertz CT molecular complexity index is 880. The van der Waals surface area contributed by atoms with Crippen molar-refractivity contribution < 1.29 is 9.53 Å². The Morgan fingerprint density at radius 1 is 1.20 bits per heavy atom. The fraction of sp³-hybridized carbons (Fsp3) is 0.167. The number of nitrogens with one attached hydrogen (secondary N) is 1. The second kappa shape index (κ2) is 8.13. The average Bonchev–Trinajstić information content (AvgIpc) is 3.07. The van der Waals surface area contributed by atoms with Gasteiger partial charge in [0.05, 0.1) is 12.7 Å². The lowest BCUT2D eigenvalue weighted by atomic mass is 10.2. The number of methoxy groups -OCH3 is 1. The number of ether oxygens (including phenoxy) is 1. The summed E-state index contributed by atoms with van der Waals surface area (Å²) in [5.41, 5.74) is 2.94. The Kier molecular flexibility index (Phi) is 5.67. The Labute approximate surface area is 154 Å². The van der Waals surface area contributed by atoms with Crippen molar-refractivity contribution in [3.05, 3.63) is 65.2 Å². The number of anilines is 1. The molecule has 0 aliphatic rings. The number of rotatable bonds is 6. The molecule has 2 aromatic carbocycles. The van der Waals surface area contributed by atoms with Crippen molar-refractivity contribution in [1.82, 2.24) is 10.2 Å². The molecule has 0 radical (unpaired) electrons. The monoisotopic (exact) mass is 371 g/mol. The number of benzene rings is 2. The number of hydrogen-bond acceptors (Lipinski definition) is 6. The van der Waals surface area contributed by atoms with Crippen LogP contribution in [-0.2, 0) is 5.75 Å². The molecule has 1 N–H and O–H groups in total. The van der Waals surface area contributed by atoms with Crippen molar-refractivity contribution in [2.24, 2.45) is 0 Å². The van der Waals surface area contributed by atoms with Crippen LogP contribution in [0.15, 0.2) is 52.9 Å². The van der Waals surface area contributed by atoms with Gasteiger partial charge in [0.25, 0.3) is 5.91 Å². The summed E-state index contributed by atoms with van der Waals surface area (Å²) in [5, 5.41) is 11.4. The summed E-state index contributed by atoms with van der Waals surface area (Å²) < 4.78 is 6.03. The topological polar surface area (TPSA) is 64.1 Å². The third kappa shape index (κ3) is 4.58. The number of hydrogen-bond donors (Lipinski definition) is 1. The van der Waals surface area contributed by atoms with Crippen molar-refractivity contribution in [1.29, 1.82) is 0 Å². The van der Waals surface area contributed by atoms with Gasteiger partial charge in [-0.3, -0.25) is 10.1 Å². The first kappa shape index (κ1) is 17.4. The van der Waals surface area contributed by atoms with Crippen LogP contribution >= 0.6 is 23.1 Å². The molecule has 1 amide bonds. The second-order valence-corrected chi connectivity index (χ2v) is 7.51. The molecule has 3 aromatic rings. The molecule has 1 heterocycles. The van der Waals surface area contributed by atoms with Gasteiger partial charge < -0.3 is 4.74 Å². The summed E-state index contributed by atoms with van der Waals surface area (Å²) in [5.74, 6) is 1.08. The molecule has 0 saturated carbocycles. The number of nitrogens with zero attached hydrogens (tertiary/aromatic N) is 2. The number of aromatic nitrogens is 2. The smallest absolute Gasteiger partial charge is 0.261 e. The van der Waals surface area contributed by atoms with Crippen LogP contribution < -0.4 is 10.1 Å². The zero-order valence-corrected chi connectivity index (χ0v) is 15.5. The third-order valence-corrected chi connectivity index (χ3v) is 5.47. The summed E-state index contributed by atoms with van der Waals surface area (Å²) in [4.78, 5) is 12.4. The Balaban J connectivity index is 1.62. The highest BCUT2D eigenvalue weighted by Gasteiger charge is 2.14. The minimum atomic E-state index is -0.260. The standard InChI is InChI=1S/C18H17N3O2S2/c1-12-6-5-7-13(10-12)11-24-18-21-20-17(25-18)19-16(22)14-8-3-4-9-15(14)23-2/h3-10H,11H2,1-2H3,(H,19,20,22). The van der Waals surface area contributed by atoms with Gasteiger partial charge in [-0.15, -0.1) is 10.2 Å². The van der Waals surface area contributed by atoms with E-state index >= 15 is 0 Å². The van der Waals surface area contributed by atoms with Gasteiger partial charge in [0.1, 0.15) is 5.75 Å². The number of carbonyl (C=O) groups excluding carboxylic acids is 1. The van der Waals surface area contributed by atoms with Crippen LogP contribution in [0.1, 0.15) is 21.5 Å². The molecule has 0 saturated heterocycles. The predicted octanol–water partition coefficient (Wildman–Crippen LogP) is 4.40. The Morgan fingerprint density at radius 2 is 2.04 bits per heavy atom. The SMILES string of the molecule is COc1ccccc1C(=O)Nc1nnc(SCc2cccc(C)c2)s1. The van der Waals surface area contributed by atoms with Gasteiger partial charge in [0, 0.05) is 5.75 Å². The molecular formula is C18H17N3O2S2. The fourth-order valence-corrected chi connectivity index (χ4v) is 3.95. The van der Waals surface area contributed by atoms with E-state index in [4.69, 9.17) is 4.74 Å². The van der Waals surface area contributed by atoms with Crippen molar-refractivity contribution in [2.45, 2.75) is 17.0 Å². The van der Waals surface area contributed by atoms with Gasteiger partial charge in [-0.2, -0.15) is 0 Å². The van der Waals surface area contributed by atoms with Gasteiger partial charge in [0.2, 0.25) is 5.13 Å². The number of amides is 1. The van der Waals surface area contributed by atoms with Gasteiger partial charge in [-0.25, -0.2) is 0 Å². The van der Waals surface area contributed by atoms with E-state index in [-0.39, 0.29) is 5.91 Å². The van der Waals surface area contributed by atoms with Crippen LogP contribution in [-0.4, -0.2) is 23.2 Å². The lowest BCUT2D eigenvalue weighted by Gasteiger charge is -2.06. The van der Waals surface area contributed by atoms with Crippen LogP contribution in [0.2, 0.25) is 0 Å². The fourth-order valence-electron chi connectivity index (χ4n) is 2.26. The molecule has 25 heavy (non-hydrogen) atoms. The first-order valence-corrected chi connectivity index (χ1v) is 9.42. The zero-order chi connectivity index (χ0) is 17.6.